The molecule has 0 aromatic heterocycles. The molecule has 5 nitrogen and oxygen atoms in total. The quantitative estimate of drug-likeness (QED) is 0.739. The van der Waals surface area contributed by atoms with E-state index in [9.17, 15) is 4.79 Å². The van der Waals surface area contributed by atoms with Gasteiger partial charge in [0.25, 0.3) is 0 Å². The Labute approximate surface area is 150 Å². The minimum atomic E-state index is -0.620. The van der Waals surface area contributed by atoms with E-state index in [1.54, 1.807) is 0 Å². The van der Waals surface area contributed by atoms with Gasteiger partial charge in [-0.05, 0) is 68.7 Å². The third-order valence-corrected chi connectivity index (χ3v) is 5.92. The Morgan fingerprint density at radius 1 is 1.08 bits per heavy atom. The molecule has 2 aliphatic rings. The zero-order valence-corrected chi connectivity index (χ0v) is 15.0. The van der Waals surface area contributed by atoms with Crippen LogP contribution >= 0.6 is 0 Å². The summed E-state index contributed by atoms with van der Waals surface area (Å²) < 4.78 is 0. The normalized spacial score (nSPS) is 25.1. The molecule has 25 heavy (non-hydrogen) atoms. The summed E-state index contributed by atoms with van der Waals surface area (Å²) in [7, 11) is 0. The van der Waals surface area contributed by atoms with Crippen molar-refractivity contribution in [2.24, 2.45) is 17.6 Å². The summed E-state index contributed by atoms with van der Waals surface area (Å²) in [6, 6.07) is 9.12. The predicted octanol–water partition coefficient (Wildman–Crippen LogP) is 2.59. The van der Waals surface area contributed by atoms with Crippen LogP contribution in [0.25, 0.3) is 0 Å². The van der Waals surface area contributed by atoms with Gasteiger partial charge in [0.1, 0.15) is 0 Å². The van der Waals surface area contributed by atoms with Gasteiger partial charge in [0.15, 0.2) is 0 Å². The van der Waals surface area contributed by atoms with Crippen LogP contribution in [0.3, 0.4) is 0 Å². The molecule has 2 fully saturated rings. The largest absolute Gasteiger partial charge is 0.481 e. The van der Waals surface area contributed by atoms with Crippen molar-refractivity contribution in [2.45, 2.75) is 51.1 Å². The first-order chi connectivity index (χ1) is 12.2. The van der Waals surface area contributed by atoms with Gasteiger partial charge in [-0.15, -0.1) is 0 Å². The molecule has 5 heteroatoms. The summed E-state index contributed by atoms with van der Waals surface area (Å²) in [6.45, 7) is 3.89. The molecular formula is C20H31N3O2. The van der Waals surface area contributed by atoms with Gasteiger partial charge in [0.05, 0.1) is 5.92 Å². The minimum Gasteiger partial charge on any atom is -0.481 e. The highest BCUT2D eigenvalue weighted by Crippen LogP contribution is 2.26. The van der Waals surface area contributed by atoms with E-state index in [-0.39, 0.29) is 5.92 Å². The lowest BCUT2D eigenvalue weighted by Gasteiger charge is -2.35. The highest BCUT2D eigenvalue weighted by molar-refractivity contribution is 5.70. The molecule has 3 rings (SSSR count). The molecule has 138 valence electrons. The summed E-state index contributed by atoms with van der Waals surface area (Å²) in [5.74, 6) is -0.00553. The summed E-state index contributed by atoms with van der Waals surface area (Å²) in [4.78, 5) is 13.5. The van der Waals surface area contributed by atoms with E-state index >= 15 is 0 Å². The standard InChI is InChI=1S/C20H31N3O2/c21-13-15-1-7-19(8-2-15)23-11-9-16(10-12-23)14-22-18-5-3-17(4-6-18)20(24)25/h1-2,7-8,16-18,22H,3-6,9-14,21H2,(H,24,25). The number of nitrogens with one attached hydrogen (secondary N) is 1. The Hall–Kier alpha value is -1.59. The average molecular weight is 345 g/mol. The summed E-state index contributed by atoms with van der Waals surface area (Å²) >= 11 is 0. The summed E-state index contributed by atoms with van der Waals surface area (Å²) in [5, 5.41) is 12.8. The Bertz CT molecular complexity index is 545. The number of anilines is 1. The molecule has 0 radical (unpaired) electrons. The Morgan fingerprint density at radius 2 is 1.72 bits per heavy atom. The Balaban J connectivity index is 1.37. The molecule has 4 N–H and O–H groups in total. The van der Waals surface area contributed by atoms with E-state index in [1.165, 1.54) is 24.1 Å². The van der Waals surface area contributed by atoms with Crippen molar-refractivity contribution in [3.63, 3.8) is 0 Å². The Morgan fingerprint density at radius 3 is 2.28 bits per heavy atom. The zero-order chi connectivity index (χ0) is 17.6. The van der Waals surface area contributed by atoms with Crippen LogP contribution in [0.2, 0.25) is 0 Å². The first-order valence-corrected chi connectivity index (χ1v) is 9.66. The number of hydrogen-bond acceptors (Lipinski definition) is 4. The average Bonchev–Trinajstić information content (AvgIpc) is 2.67. The molecule has 1 aliphatic carbocycles. The lowest BCUT2D eigenvalue weighted by atomic mass is 9.85. The van der Waals surface area contributed by atoms with Crippen LogP contribution in [0, 0.1) is 11.8 Å². The van der Waals surface area contributed by atoms with Crippen LogP contribution < -0.4 is 16.0 Å². The van der Waals surface area contributed by atoms with Crippen molar-refractivity contribution < 1.29 is 9.90 Å². The van der Waals surface area contributed by atoms with Crippen molar-refractivity contribution in [3.8, 4) is 0 Å². The van der Waals surface area contributed by atoms with Crippen molar-refractivity contribution >= 4 is 11.7 Å². The number of carboxylic acids is 1. The Kier molecular flexibility index (Phi) is 6.32. The first-order valence-electron chi connectivity index (χ1n) is 9.66. The molecule has 0 spiro atoms. The molecule has 0 amide bonds. The number of carboxylic acid groups (broad SMARTS) is 1. The highest BCUT2D eigenvalue weighted by atomic mass is 16.4. The number of nitrogens with two attached hydrogens (primary N) is 1. The second-order valence-electron chi connectivity index (χ2n) is 7.60. The fourth-order valence-electron chi connectivity index (χ4n) is 4.12. The number of benzene rings is 1. The van der Waals surface area contributed by atoms with Gasteiger partial charge in [0.2, 0.25) is 0 Å². The number of hydrogen-bond donors (Lipinski definition) is 3. The second-order valence-corrected chi connectivity index (χ2v) is 7.60. The van der Waals surface area contributed by atoms with Crippen LogP contribution in [-0.4, -0.2) is 36.8 Å². The van der Waals surface area contributed by atoms with E-state index in [4.69, 9.17) is 10.8 Å². The fraction of sp³-hybridized carbons (Fsp3) is 0.650. The van der Waals surface area contributed by atoms with Crippen LogP contribution in [0.4, 0.5) is 5.69 Å². The van der Waals surface area contributed by atoms with Crippen molar-refractivity contribution in [1.29, 1.82) is 0 Å². The second kappa shape index (κ2) is 8.68. The molecule has 1 saturated carbocycles. The predicted molar refractivity (Wildman–Crippen MR) is 101 cm³/mol. The number of carbonyl (C=O) groups is 1. The molecule has 1 aromatic carbocycles. The monoisotopic (exact) mass is 345 g/mol. The van der Waals surface area contributed by atoms with Crippen molar-refractivity contribution in [2.75, 3.05) is 24.5 Å². The van der Waals surface area contributed by atoms with Gasteiger partial charge in [0, 0.05) is 31.4 Å². The van der Waals surface area contributed by atoms with E-state index in [2.05, 4.69) is 34.5 Å². The fourth-order valence-corrected chi connectivity index (χ4v) is 4.12. The van der Waals surface area contributed by atoms with Crippen LogP contribution in [0.15, 0.2) is 24.3 Å². The SMILES string of the molecule is NCc1ccc(N2CCC(CNC3CCC(C(=O)O)CC3)CC2)cc1. The maximum Gasteiger partial charge on any atom is 0.306 e. The summed E-state index contributed by atoms with van der Waals surface area (Å²) in [6.07, 6.45) is 6.09. The first kappa shape index (κ1) is 18.2. The van der Waals surface area contributed by atoms with E-state index in [1.807, 2.05) is 0 Å². The minimum absolute atomic E-state index is 0.119. The van der Waals surface area contributed by atoms with Crippen LogP contribution in [0.5, 0.6) is 0 Å². The smallest absolute Gasteiger partial charge is 0.306 e. The van der Waals surface area contributed by atoms with E-state index < -0.39 is 5.97 Å². The van der Waals surface area contributed by atoms with Gasteiger partial charge in [-0.25, -0.2) is 0 Å². The van der Waals surface area contributed by atoms with Crippen molar-refractivity contribution in [3.05, 3.63) is 29.8 Å². The van der Waals surface area contributed by atoms with Crippen LogP contribution in [0.1, 0.15) is 44.1 Å². The third kappa shape index (κ3) is 4.95. The van der Waals surface area contributed by atoms with Crippen molar-refractivity contribution in [1.82, 2.24) is 5.32 Å². The van der Waals surface area contributed by atoms with Gasteiger partial charge < -0.3 is 21.1 Å². The highest BCUT2D eigenvalue weighted by Gasteiger charge is 2.26. The zero-order valence-electron chi connectivity index (χ0n) is 15.0. The molecule has 0 atom stereocenters. The van der Waals surface area contributed by atoms with Gasteiger partial charge >= 0.3 is 5.97 Å². The topological polar surface area (TPSA) is 78.6 Å². The molecular weight excluding hydrogens is 314 g/mol. The molecule has 0 unspecified atom stereocenters. The van der Waals surface area contributed by atoms with Gasteiger partial charge in [-0.2, -0.15) is 0 Å². The molecule has 0 bridgehead atoms. The number of aliphatic carboxylic acids is 1. The molecule has 1 heterocycles. The molecule has 1 aliphatic heterocycles. The third-order valence-electron chi connectivity index (χ3n) is 5.92. The number of nitrogens with zero attached hydrogens (tertiary/aromatic N) is 1. The number of piperidine rings is 1. The van der Waals surface area contributed by atoms with E-state index in [0.29, 0.717) is 12.6 Å². The van der Waals surface area contributed by atoms with Crippen LogP contribution in [-0.2, 0) is 11.3 Å². The maximum absolute atomic E-state index is 11.0. The molecule has 1 saturated heterocycles. The number of rotatable bonds is 6. The molecule has 1 aromatic rings. The van der Waals surface area contributed by atoms with Gasteiger partial charge in [-0.3, -0.25) is 4.79 Å². The van der Waals surface area contributed by atoms with E-state index in [0.717, 1.165) is 51.2 Å². The summed E-state index contributed by atoms with van der Waals surface area (Å²) in [5.41, 5.74) is 8.15. The van der Waals surface area contributed by atoms with Gasteiger partial charge in [-0.1, -0.05) is 12.1 Å². The lowest BCUT2D eigenvalue weighted by Crippen LogP contribution is -2.41. The maximum atomic E-state index is 11.0. The lowest BCUT2D eigenvalue weighted by molar-refractivity contribution is -0.142.